The van der Waals surface area contributed by atoms with Gasteiger partial charge in [0.15, 0.2) is 5.78 Å². The minimum Gasteiger partial charge on any atom is -0.497 e. The highest BCUT2D eigenvalue weighted by Gasteiger charge is 2.08. The quantitative estimate of drug-likeness (QED) is 0.676. The monoisotopic (exact) mass is 186 g/mol. The third-order valence-corrected chi connectivity index (χ3v) is 1.79. The van der Waals surface area contributed by atoms with Crippen LogP contribution in [-0.2, 0) is 0 Å². The molecule has 0 aliphatic rings. The molecule has 3 nitrogen and oxygen atoms in total. The van der Waals surface area contributed by atoms with Crippen molar-refractivity contribution in [3.05, 3.63) is 23.8 Å². The molecule has 0 aromatic heterocycles. The molecule has 0 aliphatic carbocycles. The van der Waals surface area contributed by atoms with Gasteiger partial charge >= 0.3 is 0 Å². The van der Waals surface area contributed by atoms with E-state index in [4.69, 9.17) is 9.47 Å². The van der Waals surface area contributed by atoms with E-state index in [-0.39, 0.29) is 5.78 Å². The van der Waals surface area contributed by atoms with Crippen molar-refractivity contribution in [2.24, 2.45) is 0 Å². The van der Waals surface area contributed by atoms with Crippen LogP contribution in [0.25, 0.3) is 0 Å². The molecule has 0 spiro atoms. The van der Waals surface area contributed by atoms with E-state index in [1.807, 2.05) is 0 Å². The largest absolute Gasteiger partial charge is 0.497 e. The van der Waals surface area contributed by atoms with Gasteiger partial charge in [-0.1, -0.05) is 0 Å². The van der Waals surface area contributed by atoms with Crippen LogP contribution in [0.2, 0.25) is 0 Å². The molecule has 0 saturated heterocycles. The van der Waals surface area contributed by atoms with Gasteiger partial charge in [0.05, 0.1) is 19.8 Å². The molecular weight excluding hydrogens is 174 g/mol. The maximum absolute atomic E-state index is 11.1. The van der Waals surface area contributed by atoms with Crippen LogP contribution in [0.1, 0.15) is 17.3 Å². The highest BCUT2D eigenvalue weighted by Crippen LogP contribution is 2.24. The summed E-state index contributed by atoms with van der Waals surface area (Å²) in [5.74, 6) is 1.22. The minimum atomic E-state index is -0.0143. The van der Waals surface area contributed by atoms with Crippen LogP contribution in [0, 0.1) is 0 Å². The molecule has 0 aliphatic heterocycles. The van der Waals surface area contributed by atoms with E-state index in [9.17, 15) is 4.79 Å². The molecule has 1 aromatic rings. The standard InChI is InChI=1S/C10H12O3/c1-7(11)9-5-4-8(12-2)6-10(9)13-3/h4-6H,1-3H3/i4+1,5+1,6+1,8+1,9+1,10+1. The fourth-order valence-electron chi connectivity index (χ4n) is 1.09. The maximum Gasteiger partial charge on any atom is 0.163 e. The Bertz CT molecular complexity index is 318. The first-order valence-corrected chi connectivity index (χ1v) is 3.92. The van der Waals surface area contributed by atoms with Crippen molar-refractivity contribution >= 4 is 5.78 Å². The zero-order chi connectivity index (χ0) is 9.84. The van der Waals surface area contributed by atoms with Crippen LogP contribution in [0.5, 0.6) is 11.5 Å². The molecule has 0 heterocycles. The average molecular weight is 186 g/mol. The Hall–Kier alpha value is -1.51. The summed E-state index contributed by atoms with van der Waals surface area (Å²) < 4.78 is 10.0. The third-order valence-electron chi connectivity index (χ3n) is 1.79. The van der Waals surface area contributed by atoms with Gasteiger partial charge in [-0.3, -0.25) is 4.79 Å². The van der Waals surface area contributed by atoms with Gasteiger partial charge in [-0.05, 0) is 19.1 Å². The van der Waals surface area contributed by atoms with Crippen molar-refractivity contribution < 1.29 is 14.3 Å². The van der Waals surface area contributed by atoms with Gasteiger partial charge in [-0.25, -0.2) is 0 Å². The van der Waals surface area contributed by atoms with Gasteiger partial charge in [-0.2, -0.15) is 0 Å². The van der Waals surface area contributed by atoms with Crippen molar-refractivity contribution in [3.8, 4) is 11.5 Å². The average Bonchev–Trinajstić information content (AvgIpc) is 2.16. The van der Waals surface area contributed by atoms with Gasteiger partial charge in [-0.15, -0.1) is 0 Å². The van der Waals surface area contributed by atoms with E-state index >= 15 is 0 Å². The number of rotatable bonds is 3. The molecule has 0 atom stereocenters. The summed E-state index contributed by atoms with van der Waals surface area (Å²) in [7, 11) is 3.10. The Balaban J connectivity index is 3.15. The minimum absolute atomic E-state index is 0.0143. The second-order valence-electron chi connectivity index (χ2n) is 2.62. The number of hydrogen-bond donors (Lipinski definition) is 0. The predicted octanol–water partition coefficient (Wildman–Crippen LogP) is 1.91. The number of carbonyl (C=O) groups excluding carboxylic acids is 1. The Morgan fingerprint density at radius 2 is 1.92 bits per heavy atom. The first kappa shape index (κ1) is 9.58. The van der Waals surface area contributed by atoms with Crippen LogP contribution in [0.15, 0.2) is 18.2 Å². The summed E-state index contributed by atoms with van der Waals surface area (Å²) in [4.78, 5) is 11.1. The molecule has 0 bridgehead atoms. The number of Topliss-reactive ketones (excluding diaryl/α,β-unsaturated/α-hetero) is 1. The maximum atomic E-state index is 11.1. The number of methoxy groups -OCH3 is 2. The lowest BCUT2D eigenvalue weighted by atomic mass is 10.6. The van der Waals surface area contributed by atoms with Gasteiger partial charge in [0.25, 0.3) is 0 Å². The van der Waals surface area contributed by atoms with Crippen LogP contribution in [0.4, 0.5) is 0 Å². The molecule has 1 rings (SSSR count). The van der Waals surface area contributed by atoms with Crippen molar-refractivity contribution in [2.75, 3.05) is 14.2 Å². The summed E-state index contributed by atoms with van der Waals surface area (Å²) in [5.41, 5.74) is 0.573. The molecule has 0 N–H and O–H groups in total. The number of carbonyl (C=O) groups is 1. The van der Waals surface area contributed by atoms with E-state index in [0.717, 1.165) is 0 Å². The molecule has 1 aromatic carbocycles. The van der Waals surface area contributed by atoms with Gasteiger partial charge < -0.3 is 9.47 Å². The van der Waals surface area contributed by atoms with E-state index in [2.05, 4.69) is 0 Å². The van der Waals surface area contributed by atoms with E-state index in [1.165, 1.54) is 14.0 Å². The normalized spacial score (nSPS) is 9.46. The van der Waals surface area contributed by atoms with Crippen LogP contribution in [-0.4, -0.2) is 20.0 Å². The molecule has 13 heavy (non-hydrogen) atoms. The molecular formula is C10H12O3. The molecule has 0 unspecified atom stereocenters. The summed E-state index contributed by atoms with van der Waals surface area (Å²) in [5, 5.41) is 0. The topological polar surface area (TPSA) is 35.5 Å². The zero-order valence-corrected chi connectivity index (χ0v) is 7.96. The summed E-state index contributed by atoms with van der Waals surface area (Å²) in [6, 6.07) is 5.12. The van der Waals surface area contributed by atoms with Gasteiger partial charge in [0.1, 0.15) is 11.5 Å². The van der Waals surface area contributed by atoms with Gasteiger partial charge in [0.2, 0.25) is 0 Å². The molecule has 0 amide bonds. The van der Waals surface area contributed by atoms with Gasteiger partial charge in [0, 0.05) is 6.07 Å². The molecule has 0 saturated carbocycles. The van der Waals surface area contributed by atoms with Crippen molar-refractivity contribution in [1.29, 1.82) is 0 Å². The second-order valence-corrected chi connectivity index (χ2v) is 2.62. The Morgan fingerprint density at radius 1 is 1.23 bits per heavy atom. The predicted molar refractivity (Wildman–Crippen MR) is 49.6 cm³/mol. The molecule has 3 heteroatoms. The number of hydrogen-bond acceptors (Lipinski definition) is 3. The third kappa shape index (κ3) is 1.99. The van der Waals surface area contributed by atoms with Crippen molar-refractivity contribution in [2.45, 2.75) is 6.92 Å². The van der Waals surface area contributed by atoms with Crippen LogP contribution >= 0.6 is 0 Å². The SMILES string of the molecule is CO[13c]1[13cH][13cH][13c](C(C)=O)[13c](OC)[13cH]1. The van der Waals surface area contributed by atoms with E-state index in [1.54, 1.807) is 25.3 Å². The van der Waals surface area contributed by atoms with E-state index in [0.29, 0.717) is 17.1 Å². The number of benzene rings is 1. The summed E-state index contributed by atoms with van der Waals surface area (Å²) >= 11 is 0. The summed E-state index contributed by atoms with van der Waals surface area (Å²) in [6.07, 6.45) is 0. The molecule has 0 radical (unpaired) electrons. The van der Waals surface area contributed by atoms with Crippen LogP contribution in [0.3, 0.4) is 0 Å². The van der Waals surface area contributed by atoms with Crippen molar-refractivity contribution in [3.63, 3.8) is 0 Å². The second kappa shape index (κ2) is 3.94. The first-order chi connectivity index (χ1) is 6.19. The molecule has 0 fully saturated rings. The Labute approximate surface area is 77.3 Å². The fourth-order valence-corrected chi connectivity index (χ4v) is 1.09. The van der Waals surface area contributed by atoms with E-state index < -0.39 is 0 Å². The zero-order valence-electron chi connectivity index (χ0n) is 7.96. The first-order valence-electron chi connectivity index (χ1n) is 3.92. The van der Waals surface area contributed by atoms with Crippen LogP contribution < -0.4 is 9.47 Å². The number of ether oxygens (including phenoxy) is 2. The lowest BCUT2D eigenvalue weighted by Crippen LogP contribution is -1.97. The lowest BCUT2D eigenvalue weighted by Gasteiger charge is -2.07. The smallest absolute Gasteiger partial charge is 0.163 e. The fraction of sp³-hybridized carbons (Fsp3) is 0.300. The highest BCUT2D eigenvalue weighted by atomic mass is 16.6. The molecule has 70 valence electrons. The lowest BCUT2D eigenvalue weighted by molar-refractivity contribution is 0.101. The van der Waals surface area contributed by atoms with Crippen molar-refractivity contribution in [1.82, 2.24) is 0 Å². The Morgan fingerprint density at radius 3 is 2.38 bits per heavy atom. The number of ketones is 1. The summed E-state index contributed by atoms with van der Waals surface area (Å²) in [6.45, 7) is 1.50. The Kier molecular flexibility index (Phi) is 2.90. The highest BCUT2D eigenvalue weighted by molar-refractivity contribution is 5.97.